The number of phenols is 2. The highest BCUT2D eigenvalue weighted by molar-refractivity contribution is 6.08. The summed E-state index contributed by atoms with van der Waals surface area (Å²) in [7, 11) is 0. The summed E-state index contributed by atoms with van der Waals surface area (Å²) in [4.78, 5) is 14.1. The number of halogens is 1. The predicted molar refractivity (Wildman–Crippen MR) is 87.6 cm³/mol. The number of hydrogen-bond donors (Lipinski definition) is 2. The van der Waals surface area contributed by atoms with E-state index in [2.05, 4.69) is 0 Å². The summed E-state index contributed by atoms with van der Waals surface area (Å²) in [6.45, 7) is 5.85. The van der Waals surface area contributed by atoms with Crippen molar-refractivity contribution in [3.05, 3.63) is 53.3 Å². The van der Waals surface area contributed by atoms with E-state index < -0.39 is 11.7 Å². The van der Waals surface area contributed by atoms with E-state index in [4.69, 9.17) is 0 Å². The number of phenolic OH excluding ortho intramolecular Hbond substituents is 2. The van der Waals surface area contributed by atoms with E-state index in [1.807, 2.05) is 13.8 Å². The Hall–Kier alpha value is -2.56. The minimum absolute atomic E-state index is 0.00797. The number of nitrogens with zero attached hydrogens (tertiary/aromatic N) is 1. The topological polar surface area (TPSA) is 60.8 Å². The highest BCUT2D eigenvalue weighted by atomic mass is 19.1. The monoisotopic (exact) mass is 317 g/mol. The lowest BCUT2D eigenvalue weighted by molar-refractivity contribution is 0.0985. The van der Waals surface area contributed by atoms with Crippen molar-refractivity contribution in [1.82, 2.24) is 0 Å². The first-order valence-corrected chi connectivity index (χ1v) is 7.48. The van der Waals surface area contributed by atoms with E-state index in [-0.39, 0.29) is 23.0 Å². The molecule has 0 atom stereocenters. The molecule has 5 heteroatoms. The third kappa shape index (κ3) is 3.44. The molecule has 0 heterocycles. The SMILES string of the molecule is CCN(C(=O)c1cc(C(C)C)c(O)cc1O)c1cccc(F)c1. The van der Waals surface area contributed by atoms with Crippen molar-refractivity contribution in [2.75, 3.05) is 11.4 Å². The van der Waals surface area contributed by atoms with Gasteiger partial charge in [-0.2, -0.15) is 0 Å². The standard InChI is InChI=1S/C18H20FNO3/c1-4-20(13-7-5-6-12(19)8-13)18(23)15-9-14(11(2)3)16(21)10-17(15)22/h5-11,21-22H,4H2,1-3H3. The first-order chi connectivity index (χ1) is 10.8. The molecule has 2 aromatic carbocycles. The quantitative estimate of drug-likeness (QED) is 0.895. The lowest BCUT2D eigenvalue weighted by atomic mass is 9.98. The zero-order valence-electron chi connectivity index (χ0n) is 13.4. The van der Waals surface area contributed by atoms with Crippen LogP contribution in [0.15, 0.2) is 36.4 Å². The molecule has 0 spiro atoms. The Labute approximate surface area is 134 Å². The molecule has 0 aromatic heterocycles. The smallest absolute Gasteiger partial charge is 0.262 e. The van der Waals surface area contributed by atoms with Gasteiger partial charge in [-0.3, -0.25) is 4.79 Å². The van der Waals surface area contributed by atoms with Crippen LogP contribution in [-0.2, 0) is 0 Å². The summed E-state index contributed by atoms with van der Waals surface area (Å²) in [6, 6.07) is 8.38. The molecule has 2 rings (SSSR count). The van der Waals surface area contributed by atoms with Gasteiger partial charge >= 0.3 is 0 Å². The van der Waals surface area contributed by atoms with Crippen LogP contribution >= 0.6 is 0 Å². The number of carbonyl (C=O) groups excluding carboxylic acids is 1. The second kappa shape index (κ2) is 6.69. The fourth-order valence-corrected chi connectivity index (χ4v) is 2.46. The lowest BCUT2D eigenvalue weighted by Crippen LogP contribution is -2.30. The number of aromatic hydroxyl groups is 2. The zero-order valence-corrected chi connectivity index (χ0v) is 13.4. The van der Waals surface area contributed by atoms with Crippen molar-refractivity contribution in [2.45, 2.75) is 26.7 Å². The number of carbonyl (C=O) groups is 1. The largest absolute Gasteiger partial charge is 0.508 e. The molecule has 0 fully saturated rings. The Kier molecular flexibility index (Phi) is 4.89. The van der Waals surface area contributed by atoms with Gasteiger partial charge in [0.15, 0.2) is 0 Å². The van der Waals surface area contributed by atoms with E-state index in [1.54, 1.807) is 13.0 Å². The number of amides is 1. The molecule has 2 N–H and O–H groups in total. The normalized spacial score (nSPS) is 10.8. The van der Waals surface area contributed by atoms with E-state index in [9.17, 15) is 19.4 Å². The van der Waals surface area contributed by atoms with Crippen LogP contribution in [0.2, 0.25) is 0 Å². The minimum Gasteiger partial charge on any atom is -0.508 e. The van der Waals surface area contributed by atoms with Crippen molar-refractivity contribution >= 4 is 11.6 Å². The summed E-state index contributed by atoms with van der Waals surface area (Å²) in [6.07, 6.45) is 0. The van der Waals surface area contributed by atoms with Gasteiger partial charge in [-0.05, 0) is 42.7 Å². The van der Waals surface area contributed by atoms with E-state index in [0.29, 0.717) is 17.8 Å². The zero-order chi connectivity index (χ0) is 17.1. The molecular formula is C18H20FNO3. The molecule has 0 aliphatic heterocycles. The van der Waals surface area contributed by atoms with Crippen molar-refractivity contribution < 1.29 is 19.4 Å². The van der Waals surface area contributed by atoms with Gasteiger partial charge in [0.1, 0.15) is 17.3 Å². The van der Waals surface area contributed by atoms with Crippen molar-refractivity contribution in [1.29, 1.82) is 0 Å². The van der Waals surface area contributed by atoms with Crippen LogP contribution in [0.1, 0.15) is 42.6 Å². The Morgan fingerprint density at radius 2 is 1.87 bits per heavy atom. The van der Waals surface area contributed by atoms with Crippen LogP contribution in [0.5, 0.6) is 11.5 Å². The van der Waals surface area contributed by atoms with Gasteiger partial charge < -0.3 is 15.1 Å². The Balaban J connectivity index is 2.48. The number of rotatable bonds is 4. The summed E-state index contributed by atoms with van der Waals surface area (Å²) >= 11 is 0. The number of hydrogen-bond acceptors (Lipinski definition) is 3. The van der Waals surface area contributed by atoms with Gasteiger partial charge in [0.25, 0.3) is 5.91 Å². The van der Waals surface area contributed by atoms with Crippen LogP contribution in [0.3, 0.4) is 0 Å². The minimum atomic E-state index is -0.447. The van der Waals surface area contributed by atoms with Crippen LogP contribution in [0, 0.1) is 5.82 Å². The van der Waals surface area contributed by atoms with Gasteiger partial charge in [0.2, 0.25) is 0 Å². The first kappa shape index (κ1) is 16.8. The molecule has 0 saturated carbocycles. The average Bonchev–Trinajstić information content (AvgIpc) is 2.47. The maximum Gasteiger partial charge on any atom is 0.262 e. The maximum absolute atomic E-state index is 13.4. The molecule has 0 radical (unpaired) electrons. The highest BCUT2D eigenvalue weighted by Crippen LogP contribution is 2.33. The van der Waals surface area contributed by atoms with Crippen molar-refractivity contribution in [3.8, 4) is 11.5 Å². The molecule has 2 aromatic rings. The highest BCUT2D eigenvalue weighted by Gasteiger charge is 2.22. The third-order valence-electron chi connectivity index (χ3n) is 3.68. The van der Waals surface area contributed by atoms with Gasteiger partial charge in [-0.1, -0.05) is 19.9 Å². The molecule has 122 valence electrons. The molecule has 0 bridgehead atoms. The van der Waals surface area contributed by atoms with Gasteiger partial charge in [-0.15, -0.1) is 0 Å². The fourth-order valence-electron chi connectivity index (χ4n) is 2.46. The molecule has 0 unspecified atom stereocenters. The molecule has 0 aliphatic carbocycles. The van der Waals surface area contributed by atoms with Gasteiger partial charge in [0.05, 0.1) is 5.56 Å². The van der Waals surface area contributed by atoms with Crippen LogP contribution < -0.4 is 4.90 Å². The Bertz CT molecular complexity index is 728. The predicted octanol–water partition coefficient (Wildman–Crippen LogP) is 4.03. The third-order valence-corrected chi connectivity index (χ3v) is 3.68. The first-order valence-electron chi connectivity index (χ1n) is 7.48. The van der Waals surface area contributed by atoms with Gasteiger partial charge in [0, 0.05) is 18.3 Å². The molecule has 4 nitrogen and oxygen atoms in total. The molecule has 23 heavy (non-hydrogen) atoms. The van der Waals surface area contributed by atoms with E-state index in [1.165, 1.54) is 35.2 Å². The molecular weight excluding hydrogens is 297 g/mol. The van der Waals surface area contributed by atoms with Crippen LogP contribution in [0.25, 0.3) is 0 Å². The van der Waals surface area contributed by atoms with Crippen molar-refractivity contribution in [3.63, 3.8) is 0 Å². The number of anilines is 1. The molecule has 0 saturated heterocycles. The van der Waals surface area contributed by atoms with Crippen molar-refractivity contribution in [2.24, 2.45) is 0 Å². The number of benzene rings is 2. The summed E-state index contributed by atoms with van der Waals surface area (Å²) in [5, 5.41) is 19.9. The second-order valence-electron chi connectivity index (χ2n) is 5.61. The van der Waals surface area contributed by atoms with E-state index in [0.717, 1.165) is 0 Å². The maximum atomic E-state index is 13.4. The summed E-state index contributed by atoms with van der Waals surface area (Å²) in [5.74, 6) is -1.25. The van der Waals surface area contributed by atoms with E-state index >= 15 is 0 Å². The average molecular weight is 317 g/mol. The molecule has 1 amide bonds. The fraction of sp³-hybridized carbons (Fsp3) is 0.278. The lowest BCUT2D eigenvalue weighted by Gasteiger charge is -2.22. The second-order valence-corrected chi connectivity index (χ2v) is 5.61. The Morgan fingerprint density at radius 1 is 1.17 bits per heavy atom. The summed E-state index contributed by atoms with van der Waals surface area (Å²) < 4.78 is 13.4. The summed E-state index contributed by atoms with van der Waals surface area (Å²) in [5.41, 5.74) is 1.06. The van der Waals surface area contributed by atoms with Gasteiger partial charge in [-0.25, -0.2) is 4.39 Å². The Morgan fingerprint density at radius 3 is 2.43 bits per heavy atom. The molecule has 0 aliphatic rings. The van der Waals surface area contributed by atoms with Crippen LogP contribution in [-0.4, -0.2) is 22.7 Å². The van der Waals surface area contributed by atoms with Crippen LogP contribution in [0.4, 0.5) is 10.1 Å².